The molecule has 0 saturated heterocycles. The van der Waals surface area contributed by atoms with Crippen molar-refractivity contribution in [3.05, 3.63) is 64.4 Å². The lowest BCUT2D eigenvalue weighted by atomic mass is 10.1. The number of nitrogens with one attached hydrogen (secondary N) is 1. The molecule has 1 atom stereocenters. The molecule has 4 rings (SSSR count). The fourth-order valence-electron chi connectivity index (χ4n) is 3.37. The van der Waals surface area contributed by atoms with Crippen LogP contribution in [0.2, 0.25) is 0 Å². The number of fused-ring (bicyclic) bond motifs is 1. The summed E-state index contributed by atoms with van der Waals surface area (Å²) in [6, 6.07) is 15.8. The summed E-state index contributed by atoms with van der Waals surface area (Å²) in [5.41, 5.74) is 2.57. The van der Waals surface area contributed by atoms with Crippen LogP contribution in [-0.4, -0.2) is 26.8 Å². The number of hydrogen-bond acceptors (Lipinski definition) is 4. The largest absolute Gasteiger partial charge is 0.352 e. The van der Waals surface area contributed by atoms with Crippen molar-refractivity contribution in [3.63, 3.8) is 0 Å². The molecule has 2 aromatic carbocycles. The highest BCUT2D eigenvalue weighted by atomic mass is 32.2. The monoisotopic (exact) mass is 421 g/mol. The van der Waals surface area contributed by atoms with Crippen molar-refractivity contribution in [1.82, 2.24) is 14.9 Å². The highest BCUT2D eigenvalue weighted by molar-refractivity contribution is 8.00. The molecule has 1 saturated carbocycles. The van der Waals surface area contributed by atoms with E-state index in [-0.39, 0.29) is 16.7 Å². The lowest BCUT2D eigenvalue weighted by molar-refractivity contribution is -0.120. The van der Waals surface area contributed by atoms with Gasteiger partial charge in [0.1, 0.15) is 0 Å². The van der Waals surface area contributed by atoms with E-state index in [1.165, 1.54) is 17.3 Å². The van der Waals surface area contributed by atoms with Crippen molar-refractivity contribution >= 4 is 28.6 Å². The Kier molecular flexibility index (Phi) is 6.23. The van der Waals surface area contributed by atoms with Gasteiger partial charge in [0.25, 0.3) is 5.56 Å². The van der Waals surface area contributed by atoms with E-state index in [2.05, 4.69) is 24.4 Å². The van der Waals surface area contributed by atoms with E-state index in [0.29, 0.717) is 22.1 Å². The van der Waals surface area contributed by atoms with E-state index < -0.39 is 0 Å². The van der Waals surface area contributed by atoms with Gasteiger partial charge in [0.2, 0.25) is 5.91 Å². The maximum Gasteiger partial charge on any atom is 0.266 e. The molecule has 1 aromatic heterocycles. The summed E-state index contributed by atoms with van der Waals surface area (Å²) in [5, 5.41) is 3.81. The Bertz CT molecular complexity index is 1100. The molecule has 0 bridgehead atoms. The van der Waals surface area contributed by atoms with E-state index in [9.17, 15) is 9.59 Å². The second-order valence-corrected chi connectivity index (χ2v) is 9.17. The van der Waals surface area contributed by atoms with Crippen LogP contribution in [0.5, 0.6) is 0 Å². The fraction of sp³-hybridized carbons (Fsp3) is 0.375. The third-order valence-corrected chi connectivity index (χ3v) is 6.39. The summed E-state index contributed by atoms with van der Waals surface area (Å²) in [6.45, 7) is 4.04. The summed E-state index contributed by atoms with van der Waals surface area (Å²) < 4.78 is 1.64. The van der Waals surface area contributed by atoms with Crippen molar-refractivity contribution in [3.8, 4) is 5.69 Å². The molecule has 3 aromatic rings. The van der Waals surface area contributed by atoms with Gasteiger partial charge in [-0.05, 0) is 62.4 Å². The van der Waals surface area contributed by atoms with Crippen molar-refractivity contribution < 1.29 is 4.79 Å². The highest BCUT2D eigenvalue weighted by Gasteiger charge is 2.27. The second-order valence-electron chi connectivity index (χ2n) is 7.87. The Labute approximate surface area is 180 Å². The number of nitrogens with zero attached hydrogens (tertiary/aromatic N) is 2. The fourth-order valence-corrected chi connectivity index (χ4v) is 4.31. The van der Waals surface area contributed by atoms with E-state index >= 15 is 0 Å². The summed E-state index contributed by atoms with van der Waals surface area (Å²) >= 11 is 1.33. The molecular weight excluding hydrogens is 394 g/mol. The van der Waals surface area contributed by atoms with Gasteiger partial charge in [-0.1, -0.05) is 49.4 Å². The van der Waals surface area contributed by atoms with E-state index in [1.54, 1.807) is 10.6 Å². The van der Waals surface area contributed by atoms with Crippen LogP contribution in [0.15, 0.2) is 58.5 Å². The van der Waals surface area contributed by atoms with Crippen LogP contribution in [0, 0.1) is 0 Å². The first-order valence-electron chi connectivity index (χ1n) is 10.6. The van der Waals surface area contributed by atoms with Crippen LogP contribution in [0.1, 0.15) is 45.1 Å². The predicted molar refractivity (Wildman–Crippen MR) is 122 cm³/mol. The van der Waals surface area contributed by atoms with Crippen LogP contribution in [0.25, 0.3) is 16.6 Å². The average Bonchev–Trinajstić information content (AvgIpc) is 3.57. The molecule has 156 valence electrons. The zero-order valence-corrected chi connectivity index (χ0v) is 18.2. The average molecular weight is 422 g/mol. The minimum absolute atomic E-state index is 0.00799. The highest BCUT2D eigenvalue weighted by Crippen LogP contribution is 2.27. The number of benzene rings is 2. The van der Waals surface area contributed by atoms with Gasteiger partial charge < -0.3 is 5.32 Å². The summed E-state index contributed by atoms with van der Waals surface area (Å²) in [7, 11) is 0. The Balaban J connectivity index is 1.72. The molecule has 1 amide bonds. The molecule has 1 fully saturated rings. The zero-order valence-electron chi connectivity index (χ0n) is 17.4. The van der Waals surface area contributed by atoms with Gasteiger partial charge in [-0.2, -0.15) is 0 Å². The molecule has 5 nitrogen and oxygen atoms in total. The number of aryl methyl sites for hydroxylation is 1. The van der Waals surface area contributed by atoms with Gasteiger partial charge in [0.15, 0.2) is 5.16 Å². The molecule has 30 heavy (non-hydrogen) atoms. The first-order chi connectivity index (χ1) is 14.6. The van der Waals surface area contributed by atoms with E-state index in [1.807, 2.05) is 37.3 Å². The zero-order chi connectivity index (χ0) is 21.1. The molecule has 0 unspecified atom stereocenters. The Morgan fingerprint density at radius 1 is 1.20 bits per heavy atom. The molecule has 0 radical (unpaired) electrons. The van der Waals surface area contributed by atoms with Crippen LogP contribution >= 0.6 is 11.8 Å². The topological polar surface area (TPSA) is 64.0 Å². The maximum atomic E-state index is 13.4. The van der Waals surface area contributed by atoms with E-state index in [4.69, 9.17) is 4.98 Å². The predicted octanol–water partition coefficient (Wildman–Crippen LogP) is 4.49. The first kappa shape index (κ1) is 20.7. The van der Waals surface area contributed by atoms with Crippen LogP contribution in [0.3, 0.4) is 0 Å². The minimum atomic E-state index is -0.339. The van der Waals surface area contributed by atoms with Crippen LogP contribution in [-0.2, 0) is 11.2 Å². The summed E-state index contributed by atoms with van der Waals surface area (Å²) in [5.74, 6) is -0.00799. The van der Waals surface area contributed by atoms with E-state index in [0.717, 1.165) is 37.8 Å². The van der Waals surface area contributed by atoms with Crippen LogP contribution < -0.4 is 10.9 Å². The molecule has 6 heteroatoms. The first-order valence-corrected chi connectivity index (χ1v) is 11.5. The van der Waals surface area contributed by atoms with Gasteiger partial charge in [-0.25, -0.2) is 4.98 Å². The number of carbonyl (C=O) groups excluding carboxylic acids is 1. The number of thioether (sulfide) groups is 1. The molecule has 1 aliphatic rings. The molecule has 0 spiro atoms. The molecular formula is C24H27N3O2S. The Morgan fingerprint density at radius 3 is 2.63 bits per heavy atom. The number of amides is 1. The third kappa shape index (κ3) is 4.59. The van der Waals surface area contributed by atoms with Gasteiger partial charge in [0.05, 0.1) is 21.8 Å². The van der Waals surface area contributed by atoms with Crippen molar-refractivity contribution in [2.75, 3.05) is 0 Å². The van der Waals surface area contributed by atoms with Gasteiger partial charge in [-0.15, -0.1) is 0 Å². The lowest BCUT2D eigenvalue weighted by Gasteiger charge is -2.16. The van der Waals surface area contributed by atoms with Crippen molar-refractivity contribution in [1.29, 1.82) is 0 Å². The molecule has 0 aliphatic heterocycles. The molecule has 1 heterocycles. The number of para-hydroxylation sites is 1. The smallest absolute Gasteiger partial charge is 0.266 e. The normalized spacial score (nSPS) is 14.6. The second kappa shape index (κ2) is 9.04. The number of unbranched alkanes of at least 4 members (excludes halogenated alkanes) is 1. The quantitative estimate of drug-likeness (QED) is 0.430. The minimum Gasteiger partial charge on any atom is -0.352 e. The van der Waals surface area contributed by atoms with Gasteiger partial charge >= 0.3 is 0 Å². The van der Waals surface area contributed by atoms with Crippen LogP contribution in [0.4, 0.5) is 0 Å². The van der Waals surface area contributed by atoms with Crippen molar-refractivity contribution in [2.45, 2.75) is 62.4 Å². The van der Waals surface area contributed by atoms with Gasteiger partial charge in [0, 0.05) is 6.04 Å². The van der Waals surface area contributed by atoms with Crippen molar-refractivity contribution in [2.24, 2.45) is 0 Å². The number of hydrogen-bond donors (Lipinski definition) is 1. The Morgan fingerprint density at radius 2 is 1.93 bits per heavy atom. The molecule has 1 N–H and O–H groups in total. The lowest BCUT2D eigenvalue weighted by Crippen LogP contribution is -2.33. The third-order valence-electron chi connectivity index (χ3n) is 5.33. The Hall–Kier alpha value is -2.60. The summed E-state index contributed by atoms with van der Waals surface area (Å²) in [6.07, 6.45) is 5.42. The SMILES string of the molecule is CCCCc1ccc(-n2c(S[C@@H](C)C(=O)NC3CC3)nc3ccccc3c2=O)cc1. The maximum absolute atomic E-state index is 13.4. The standard InChI is InChI=1S/C24H27N3O2S/c1-3-4-7-17-10-14-19(15-11-17)27-23(29)20-8-5-6-9-21(20)26-24(27)30-16(2)22(28)25-18-12-13-18/h5-6,8-11,14-16,18H,3-4,7,12-13H2,1-2H3,(H,25,28)/t16-/m0/s1. The number of carbonyl (C=O) groups is 1. The number of aromatic nitrogens is 2. The van der Waals surface area contributed by atoms with Gasteiger partial charge in [-0.3, -0.25) is 14.2 Å². The summed E-state index contributed by atoms with van der Waals surface area (Å²) in [4.78, 5) is 30.6. The number of rotatable bonds is 8. The molecule has 1 aliphatic carbocycles.